The zero-order valence-electron chi connectivity index (χ0n) is 4.23. The molecule has 0 aliphatic carbocycles. The molecular weight excluding hydrogens is 109 g/mol. The van der Waals surface area contributed by atoms with E-state index in [2.05, 4.69) is 5.32 Å². The van der Waals surface area contributed by atoms with Crippen LogP contribution in [0.5, 0.6) is 0 Å². The first-order valence-corrected chi connectivity index (χ1v) is 2.37. The number of carbonyl (C=O) groups is 1. The average Bonchev–Trinajstić information content (AvgIpc) is 2.14. The van der Waals surface area contributed by atoms with Gasteiger partial charge in [-0.3, -0.25) is 4.79 Å². The maximum Gasteiger partial charge on any atom is 0.181 e. The van der Waals surface area contributed by atoms with Crippen LogP contribution in [0.2, 0.25) is 0 Å². The molecule has 0 aromatic carbocycles. The summed E-state index contributed by atoms with van der Waals surface area (Å²) in [6.07, 6.45) is 2.80. The zero-order valence-corrected chi connectivity index (χ0v) is 4.23. The fourth-order valence-electron chi connectivity index (χ4n) is 0.565. The van der Waals surface area contributed by atoms with Crippen molar-refractivity contribution in [3.63, 3.8) is 0 Å². The molecule has 0 bridgehead atoms. The number of ketones is 1. The summed E-state index contributed by atoms with van der Waals surface area (Å²) in [5.41, 5.74) is 0. The van der Waals surface area contributed by atoms with Gasteiger partial charge < -0.3 is 5.32 Å². The van der Waals surface area contributed by atoms with E-state index < -0.39 is 12.7 Å². The molecular formula is C5H6FNO. The minimum Gasteiger partial charge on any atom is -0.379 e. The van der Waals surface area contributed by atoms with E-state index in [9.17, 15) is 9.18 Å². The van der Waals surface area contributed by atoms with Crippen LogP contribution in [0.15, 0.2) is 12.3 Å². The number of halogens is 1. The fraction of sp³-hybridized carbons (Fsp3) is 0.400. The van der Waals surface area contributed by atoms with Crippen molar-refractivity contribution in [3.05, 3.63) is 12.3 Å². The summed E-state index contributed by atoms with van der Waals surface area (Å²) in [5.74, 6) is -0.174. The molecule has 0 radical (unpaired) electrons. The summed E-state index contributed by atoms with van der Waals surface area (Å²) in [6, 6.07) is -0.602. The molecule has 8 heavy (non-hydrogen) atoms. The molecule has 1 unspecified atom stereocenters. The van der Waals surface area contributed by atoms with E-state index in [1.54, 1.807) is 0 Å². The van der Waals surface area contributed by atoms with Gasteiger partial charge in [-0.1, -0.05) is 0 Å². The van der Waals surface area contributed by atoms with Gasteiger partial charge in [-0.15, -0.1) is 0 Å². The van der Waals surface area contributed by atoms with Crippen molar-refractivity contribution in [2.75, 3.05) is 6.67 Å². The molecule has 1 atom stereocenters. The Morgan fingerprint density at radius 1 is 1.88 bits per heavy atom. The van der Waals surface area contributed by atoms with E-state index in [1.807, 2.05) is 0 Å². The molecule has 0 amide bonds. The van der Waals surface area contributed by atoms with E-state index in [1.165, 1.54) is 12.3 Å². The molecule has 1 aliphatic rings. The fourth-order valence-corrected chi connectivity index (χ4v) is 0.565. The molecule has 3 heteroatoms. The topological polar surface area (TPSA) is 29.1 Å². The maximum absolute atomic E-state index is 11.6. The first-order valence-electron chi connectivity index (χ1n) is 2.37. The Morgan fingerprint density at radius 2 is 2.62 bits per heavy atom. The summed E-state index contributed by atoms with van der Waals surface area (Å²) < 4.78 is 11.6. The Kier molecular flexibility index (Phi) is 1.28. The number of hydrogen-bond donors (Lipinski definition) is 1. The molecule has 1 heterocycles. The van der Waals surface area contributed by atoms with Crippen LogP contribution in [0.4, 0.5) is 4.39 Å². The predicted molar refractivity (Wildman–Crippen MR) is 27.0 cm³/mol. The third kappa shape index (κ3) is 0.710. The molecule has 2 nitrogen and oxygen atoms in total. The Bertz CT molecular complexity index is 132. The highest BCUT2D eigenvalue weighted by Crippen LogP contribution is 1.95. The third-order valence-electron chi connectivity index (χ3n) is 1.04. The Labute approximate surface area is 46.4 Å². The van der Waals surface area contributed by atoms with E-state index in [0.717, 1.165) is 0 Å². The SMILES string of the molecule is O=C1C=CNC1CF. The molecule has 1 aliphatic heterocycles. The van der Waals surface area contributed by atoms with E-state index in [0.29, 0.717) is 0 Å². The van der Waals surface area contributed by atoms with Crippen LogP contribution < -0.4 is 5.32 Å². The summed E-state index contributed by atoms with van der Waals surface area (Å²) in [6.45, 7) is -0.619. The van der Waals surface area contributed by atoms with Crippen molar-refractivity contribution in [2.24, 2.45) is 0 Å². The minimum absolute atomic E-state index is 0.174. The predicted octanol–water partition coefficient (Wildman–Crippen LogP) is 0.0105. The number of rotatable bonds is 1. The van der Waals surface area contributed by atoms with Gasteiger partial charge in [0.2, 0.25) is 0 Å². The highest BCUT2D eigenvalue weighted by molar-refractivity contribution is 5.96. The maximum atomic E-state index is 11.6. The molecule has 1 N–H and O–H groups in total. The molecule has 0 saturated carbocycles. The van der Waals surface area contributed by atoms with Crippen LogP contribution in [0.1, 0.15) is 0 Å². The molecule has 0 aromatic heterocycles. The lowest BCUT2D eigenvalue weighted by Gasteiger charge is -2.00. The second kappa shape index (κ2) is 1.94. The Balaban J connectivity index is 2.51. The van der Waals surface area contributed by atoms with Gasteiger partial charge in [-0.25, -0.2) is 4.39 Å². The van der Waals surface area contributed by atoms with Crippen LogP contribution in [0.25, 0.3) is 0 Å². The molecule has 0 aromatic rings. The van der Waals surface area contributed by atoms with Gasteiger partial charge in [0.05, 0.1) is 0 Å². The summed E-state index contributed by atoms with van der Waals surface area (Å²) in [5, 5.41) is 2.55. The van der Waals surface area contributed by atoms with Crippen LogP contribution in [0.3, 0.4) is 0 Å². The van der Waals surface area contributed by atoms with Crippen LogP contribution in [-0.4, -0.2) is 18.5 Å². The number of nitrogens with one attached hydrogen (secondary N) is 1. The first-order chi connectivity index (χ1) is 3.84. The largest absolute Gasteiger partial charge is 0.379 e. The van der Waals surface area contributed by atoms with Crippen molar-refractivity contribution in [2.45, 2.75) is 6.04 Å². The van der Waals surface area contributed by atoms with E-state index in [4.69, 9.17) is 0 Å². The van der Waals surface area contributed by atoms with Gasteiger partial charge in [0, 0.05) is 6.20 Å². The lowest BCUT2D eigenvalue weighted by Crippen LogP contribution is -2.28. The van der Waals surface area contributed by atoms with Crippen molar-refractivity contribution in [1.29, 1.82) is 0 Å². The Morgan fingerprint density at radius 3 is 2.88 bits per heavy atom. The second-order valence-corrected chi connectivity index (χ2v) is 1.61. The van der Waals surface area contributed by atoms with Gasteiger partial charge in [0.1, 0.15) is 12.7 Å². The van der Waals surface area contributed by atoms with Crippen molar-refractivity contribution >= 4 is 5.78 Å². The highest BCUT2D eigenvalue weighted by Gasteiger charge is 2.17. The third-order valence-corrected chi connectivity index (χ3v) is 1.04. The van der Waals surface area contributed by atoms with Crippen LogP contribution >= 0.6 is 0 Å². The van der Waals surface area contributed by atoms with Gasteiger partial charge in [-0.05, 0) is 6.08 Å². The first kappa shape index (κ1) is 5.28. The summed E-state index contributed by atoms with van der Waals surface area (Å²) >= 11 is 0. The Hall–Kier alpha value is -0.860. The average molecular weight is 115 g/mol. The molecule has 0 fully saturated rings. The number of alkyl halides is 1. The quantitative estimate of drug-likeness (QED) is 0.521. The normalized spacial score (nSPS) is 26.1. The van der Waals surface area contributed by atoms with Gasteiger partial charge in [-0.2, -0.15) is 0 Å². The second-order valence-electron chi connectivity index (χ2n) is 1.61. The lowest BCUT2D eigenvalue weighted by atomic mass is 10.2. The number of hydrogen-bond acceptors (Lipinski definition) is 2. The summed E-state index contributed by atoms with van der Waals surface area (Å²) in [7, 11) is 0. The van der Waals surface area contributed by atoms with E-state index >= 15 is 0 Å². The molecule has 44 valence electrons. The molecule has 0 spiro atoms. The van der Waals surface area contributed by atoms with Gasteiger partial charge in [0.25, 0.3) is 0 Å². The zero-order chi connectivity index (χ0) is 5.98. The lowest BCUT2D eigenvalue weighted by molar-refractivity contribution is -0.115. The van der Waals surface area contributed by atoms with Gasteiger partial charge in [0.15, 0.2) is 5.78 Å². The smallest absolute Gasteiger partial charge is 0.181 e. The van der Waals surface area contributed by atoms with E-state index in [-0.39, 0.29) is 5.78 Å². The van der Waals surface area contributed by atoms with Crippen LogP contribution in [-0.2, 0) is 4.79 Å². The van der Waals surface area contributed by atoms with Crippen molar-refractivity contribution < 1.29 is 9.18 Å². The van der Waals surface area contributed by atoms with Crippen LogP contribution in [0, 0.1) is 0 Å². The van der Waals surface area contributed by atoms with Crippen molar-refractivity contribution in [1.82, 2.24) is 5.32 Å². The molecule has 0 saturated heterocycles. The summed E-state index contributed by atoms with van der Waals surface area (Å²) in [4.78, 5) is 10.4. The van der Waals surface area contributed by atoms with Crippen molar-refractivity contribution in [3.8, 4) is 0 Å². The minimum atomic E-state index is -0.619. The number of carbonyl (C=O) groups excluding carboxylic acids is 1. The molecule has 1 rings (SSSR count). The standard InChI is InChI=1S/C5H6FNO/c6-3-4-5(8)1-2-7-4/h1-2,4,7H,3H2. The highest BCUT2D eigenvalue weighted by atomic mass is 19.1. The van der Waals surface area contributed by atoms with Gasteiger partial charge >= 0.3 is 0 Å². The monoisotopic (exact) mass is 115 g/mol.